The van der Waals surface area contributed by atoms with Crippen molar-refractivity contribution in [1.82, 2.24) is 9.88 Å². The van der Waals surface area contributed by atoms with E-state index in [9.17, 15) is 0 Å². The van der Waals surface area contributed by atoms with Crippen molar-refractivity contribution < 1.29 is 5.11 Å². The van der Waals surface area contributed by atoms with E-state index in [0.29, 0.717) is 0 Å². The van der Waals surface area contributed by atoms with E-state index in [1.165, 1.54) is 22.0 Å². The minimum absolute atomic E-state index is 0.0944. The van der Waals surface area contributed by atoms with Crippen LogP contribution in [-0.4, -0.2) is 9.67 Å². The summed E-state index contributed by atoms with van der Waals surface area (Å²) in [7, 11) is 2.08. The number of rotatable bonds is 5. The predicted octanol–water partition coefficient (Wildman–Crippen LogP) is 2.96. The molecule has 0 aliphatic rings. The van der Waals surface area contributed by atoms with Gasteiger partial charge in [0.2, 0.25) is 0 Å². The Balaban J connectivity index is 1.69. The molecule has 0 aliphatic heterocycles. The van der Waals surface area contributed by atoms with Crippen molar-refractivity contribution in [3.05, 3.63) is 71.4 Å². The van der Waals surface area contributed by atoms with Crippen molar-refractivity contribution in [2.75, 3.05) is 0 Å². The van der Waals surface area contributed by atoms with Crippen molar-refractivity contribution in [2.24, 2.45) is 7.05 Å². The molecule has 3 nitrogen and oxygen atoms in total. The molecule has 0 spiro atoms. The molecule has 2 N–H and O–H groups in total. The van der Waals surface area contributed by atoms with E-state index in [4.69, 9.17) is 5.11 Å². The third kappa shape index (κ3) is 2.99. The highest BCUT2D eigenvalue weighted by Crippen LogP contribution is 2.20. The third-order valence-electron chi connectivity index (χ3n) is 3.80. The maximum absolute atomic E-state index is 9.16. The summed E-state index contributed by atoms with van der Waals surface area (Å²) in [5.74, 6) is 0. The normalized spacial score (nSPS) is 11.1. The van der Waals surface area contributed by atoms with Crippen molar-refractivity contribution in [3.8, 4) is 0 Å². The molecule has 0 saturated carbocycles. The summed E-state index contributed by atoms with van der Waals surface area (Å²) >= 11 is 0. The minimum atomic E-state index is 0.0944. The molecule has 2 aromatic carbocycles. The van der Waals surface area contributed by atoms with Gasteiger partial charge in [0, 0.05) is 37.2 Å². The molecular formula is C18H20N2O. The van der Waals surface area contributed by atoms with Crippen LogP contribution in [-0.2, 0) is 26.7 Å². The fourth-order valence-corrected chi connectivity index (χ4v) is 2.75. The number of hydrogen-bond acceptors (Lipinski definition) is 2. The fourth-order valence-electron chi connectivity index (χ4n) is 2.75. The van der Waals surface area contributed by atoms with Crippen molar-refractivity contribution >= 4 is 10.9 Å². The van der Waals surface area contributed by atoms with Crippen LogP contribution < -0.4 is 5.32 Å². The highest BCUT2D eigenvalue weighted by Gasteiger charge is 2.05. The molecule has 0 bridgehead atoms. The number of para-hydroxylation sites is 1. The molecule has 0 aliphatic carbocycles. The summed E-state index contributed by atoms with van der Waals surface area (Å²) in [6, 6.07) is 16.5. The summed E-state index contributed by atoms with van der Waals surface area (Å²) in [6.45, 7) is 1.74. The highest BCUT2D eigenvalue weighted by molar-refractivity contribution is 5.83. The van der Waals surface area contributed by atoms with Gasteiger partial charge in [-0.3, -0.25) is 0 Å². The van der Waals surface area contributed by atoms with Crippen LogP contribution >= 0.6 is 0 Å². The van der Waals surface area contributed by atoms with E-state index in [-0.39, 0.29) is 6.61 Å². The molecule has 0 unspecified atom stereocenters. The number of aliphatic hydroxyl groups excluding tert-OH is 1. The summed E-state index contributed by atoms with van der Waals surface area (Å²) in [4.78, 5) is 0. The van der Waals surface area contributed by atoms with Gasteiger partial charge in [-0.2, -0.15) is 0 Å². The van der Waals surface area contributed by atoms with Crippen molar-refractivity contribution in [1.29, 1.82) is 0 Å². The average molecular weight is 280 g/mol. The second-order valence-electron chi connectivity index (χ2n) is 5.36. The molecule has 1 heterocycles. The number of nitrogens with zero attached hydrogens (tertiary/aromatic N) is 1. The first-order valence-electron chi connectivity index (χ1n) is 7.20. The topological polar surface area (TPSA) is 37.2 Å². The Kier molecular flexibility index (Phi) is 4.04. The molecular weight excluding hydrogens is 260 g/mol. The Morgan fingerprint density at radius 3 is 2.67 bits per heavy atom. The van der Waals surface area contributed by atoms with Gasteiger partial charge in [-0.1, -0.05) is 42.5 Å². The van der Waals surface area contributed by atoms with Gasteiger partial charge >= 0.3 is 0 Å². The second kappa shape index (κ2) is 6.12. The van der Waals surface area contributed by atoms with Crippen LogP contribution in [0.5, 0.6) is 0 Å². The molecule has 0 fully saturated rings. The van der Waals surface area contributed by atoms with Crippen LogP contribution in [0.3, 0.4) is 0 Å². The lowest BCUT2D eigenvalue weighted by molar-refractivity contribution is 0.281. The van der Waals surface area contributed by atoms with E-state index in [1.54, 1.807) is 0 Å². The zero-order valence-electron chi connectivity index (χ0n) is 12.2. The van der Waals surface area contributed by atoms with E-state index in [0.717, 1.165) is 18.7 Å². The lowest BCUT2D eigenvalue weighted by atomic mass is 10.1. The van der Waals surface area contributed by atoms with Crippen LogP contribution in [0.4, 0.5) is 0 Å². The summed E-state index contributed by atoms with van der Waals surface area (Å²) in [5, 5.41) is 13.9. The molecule has 3 aromatic rings. The zero-order chi connectivity index (χ0) is 14.7. The van der Waals surface area contributed by atoms with E-state index < -0.39 is 0 Å². The van der Waals surface area contributed by atoms with E-state index >= 15 is 0 Å². The molecule has 1 aromatic heterocycles. The molecule has 0 atom stereocenters. The Morgan fingerprint density at radius 2 is 1.81 bits per heavy atom. The van der Waals surface area contributed by atoms with Crippen molar-refractivity contribution in [2.45, 2.75) is 19.7 Å². The summed E-state index contributed by atoms with van der Waals surface area (Å²) < 4.78 is 2.17. The largest absolute Gasteiger partial charge is 0.392 e. The highest BCUT2D eigenvalue weighted by atomic mass is 16.3. The van der Waals surface area contributed by atoms with Gasteiger partial charge < -0.3 is 15.0 Å². The first kappa shape index (κ1) is 13.9. The molecule has 3 heteroatoms. The molecule has 0 saturated heterocycles. The Morgan fingerprint density at radius 1 is 1.00 bits per heavy atom. The number of aliphatic hydroxyl groups is 1. The lowest BCUT2D eigenvalue weighted by Gasteiger charge is -2.06. The first-order chi connectivity index (χ1) is 10.3. The number of fused-ring (bicyclic) bond motifs is 1. The van der Waals surface area contributed by atoms with Crippen LogP contribution in [0.2, 0.25) is 0 Å². The summed E-state index contributed by atoms with van der Waals surface area (Å²) in [5.41, 5.74) is 4.73. The number of benzene rings is 2. The van der Waals surface area contributed by atoms with Crippen molar-refractivity contribution in [3.63, 3.8) is 0 Å². The molecule has 0 amide bonds. The van der Waals surface area contributed by atoms with Crippen LogP contribution in [0.25, 0.3) is 10.9 Å². The van der Waals surface area contributed by atoms with Crippen LogP contribution in [0.1, 0.15) is 16.7 Å². The van der Waals surface area contributed by atoms with Gasteiger partial charge in [0.05, 0.1) is 6.61 Å². The van der Waals surface area contributed by atoms with Gasteiger partial charge in [-0.05, 0) is 22.8 Å². The van der Waals surface area contributed by atoms with Crippen LogP contribution in [0.15, 0.2) is 54.7 Å². The monoisotopic (exact) mass is 280 g/mol. The van der Waals surface area contributed by atoms with Gasteiger partial charge in [-0.15, -0.1) is 0 Å². The first-order valence-corrected chi connectivity index (χ1v) is 7.20. The smallest absolute Gasteiger partial charge is 0.0681 e. The van der Waals surface area contributed by atoms with E-state index in [2.05, 4.69) is 53.5 Å². The average Bonchev–Trinajstić information content (AvgIpc) is 2.85. The van der Waals surface area contributed by atoms with Crippen LogP contribution in [0, 0.1) is 0 Å². The number of nitrogens with one attached hydrogen (secondary N) is 1. The molecule has 0 radical (unpaired) electrons. The number of aryl methyl sites for hydroxylation is 1. The zero-order valence-corrected chi connectivity index (χ0v) is 12.2. The lowest BCUT2D eigenvalue weighted by Crippen LogP contribution is -2.12. The molecule has 21 heavy (non-hydrogen) atoms. The molecule has 108 valence electrons. The van der Waals surface area contributed by atoms with Gasteiger partial charge in [-0.25, -0.2) is 0 Å². The maximum atomic E-state index is 9.16. The minimum Gasteiger partial charge on any atom is -0.392 e. The number of aromatic nitrogens is 1. The van der Waals surface area contributed by atoms with Gasteiger partial charge in [0.15, 0.2) is 0 Å². The van der Waals surface area contributed by atoms with Gasteiger partial charge in [0.25, 0.3) is 0 Å². The Hall–Kier alpha value is -2.10. The quantitative estimate of drug-likeness (QED) is 0.754. The Labute approximate surface area is 124 Å². The second-order valence-corrected chi connectivity index (χ2v) is 5.36. The van der Waals surface area contributed by atoms with Gasteiger partial charge in [0.1, 0.15) is 0 Å². The standard InChI is InChI=1S/C18H20N2O/c1-20-12-16(17-7-2-3-8-18(17)20)11-19-10-14-5-4-6-15(9-14)13-21/h2-9,12,19,21H,10-11,13H2,1H3. The maximum Gasteiger partial charge on any atom is 0.0681 e. The fraction of sp³-hybridized carbons (Fsp3) is 0.222. The summed E-state index contributed by atoms with van der Waals surface area (Å²) in [6.07, 6.45) is 2.18. The van der Waals surface area contributed by atoms with E-state index in [1.807, 2.05) is 18.2 Å². The third-order valence-corrected chi connectivity index (χ3v) is 3.80. The Bertz CT molecular complexity index is 746. The predicted molar refractivity (Wildman–Crippen MR) is 85.8 cm³/mol. The molecule has 3 rings (SSSR count). The number of hydrogen-bond donors (Lipinski definition) is 2. The SMILES string of the molecule is Cn1cc(CNCc2cccc(CO)c2)c2ccccc21.